The molecule has 2 N–H and O–H groups in total. The number of aromatic nitrogens is 1. The first-order chi connectivity index (χ1) is 12.0. The van der Waals surface area contributed by atoms with E-state index in [-0.39, 0.29) is 29.6 Å². The van der Waals surface area contributed by atoms with Gasteiger partial charge in [-0.3, -0.25) is 4.99 Å². The van der Waals surface area contributed by atoms with E-state index < -0.39 is 0 Å². The predicted octanol–water partition coefficient (Wildman–Crippen LogP) is 3.50. The van der Waals surface area contributed by atoms with Crippen molar-refractivity contribution >= 4 is 29.9 Å². The number of ether oxygens (including phenoxy) is 2. The highest BCUT2D eigenvalue weighted by molar-refractivity contribution is 14.0. The molecule has 26 heavy (non-hydrogen) atoms. The Morgan fingerprint density at radius 3 is 2.54 bits per heavy atom. The number of methoxy groups -OCH3 is 1. The molecule has 0 saturated heterocycles. The van der Waals surface area contributed by atoms with Crippen LogP contribution < -0.4 is 15.4 Å². The summed E-state index contributed by atoms with van der Waals surface area (Å²) in [5.74, 6) is 1.47. The number of halogens is 1. The summed E-state index contributed by atoms with van der Waals surface area (Å²) in [6.07, 6.45) is 8.33. The van der Waals surface area contributed by atoms with E-state index in [9.17, 15) is 0 Å². The van der Waals surface area contributed by atoms with Crippen molar-refractivity contribution in [3.05, 3.63) is 23.9 Å². The summed E-state index contributed by atoms with van der Waals surface area (Å²) in [5, 5.41) is 6.55. The molecule has 7 heteroatoms. The molecule has 1 aliphatic carbocycles. The first-order valence-corrected chi connectivity index (χ1v) is 9.13. The number of pyridine rings is 1. The average Bonchev–Trinajstić information content (AvgIpc) is 2.64. The third-order valence-corrected chi connectivity index (χ3v) is 4.55. The van der Waals surface area contributed by atoms with Gasteiger partial charge in [0.1, 0.15) is 6.10 Å². The Balaban J connectivity index is 0.00000338. The molecule has 1 saturated carbocycles. The van der Waals surface area contributed by atoms with Crippen molar-refractivity contribution in [3.8, 4) is 5.88 Å². The Morgan fingerprint density at radius 1 is 1.23 bits per heavy atom. The number of hydrogen-bond donors (Lipinski definition) is 2. The van der Waals surface area contributed by atoms with E-state index in [0.29, 0.717) is 19.2 Å². The molecule has 0 amide bonds. The molecule has 1 aromatic rings. The summed E-state index contributed by atoms with van der Waals surface area (Å²) >= 11 is 0. The Kier molecular flexibility index (Phi) is 10.2. The van der Waals surface area contributed by atoms with Crippen molar-refractivity contribution < 1.29 is 9.47 Å². The third kappa shape index (κ3) is 8.07. The molecule has 0 bridgehead atoms. The fourth-order valence-electron chi connectivity index (χ4n) is 2.71. The normalized spacial score (nSPS) is 15.9. The Morgan fingerprint density at radius 2 is 1.96 bits per heavy atom. The quantitative estimate of drug-likeness (QED) is 0.358. The zero-order chi connectivity index (χ0) is 18.1. The second-order valence-electron chi connectivity index (χ2n) is 7.13. The van der Waals surface area contributed by atoms with Crippen LogP contribution >= 0.6 is 24.0 Å². The minimum atomic E-state index is -0.239. The van der Waals surface area contributed by atoms with Gasteiger partial charge in [0.25, 0.3) is 0 Å². The van der Waals surface area contributed by atoms with Crippen molar-refractivity contribution in [3.63, 3.8) is 0 Å². The monoisotopic (exact) mass is 476 g/mol. The van der Waals surface area contributed by atoms with Gasteiger partial charge in [0.2, 0.25) is 5.88 Å². The molecule has 1 aromatic heterocycles. The first-order valence-electron chi connectivity index (χ1n) is 9.13. The fourth-order valence-corrected chi connectivity index (χ4v) is 2.71. The Labute approximate surface area is 174 Å². The van der Waals surface area contributed by atoms with Crippen LogP contribution in [0.2, 0.25) is 0 Å². The number of nitrogens with one attached hydrogen (secondary N) is 2. The zero-order valence-corrected chi connectivity index (χ0v) is 18.7. The molecule has 0 aliphatic heterocycles. The summed E-state index contributed by atoms with van der Waals surface area (Å²) in [7, 11) is 3.47. The minimum absolute atomic E-state index is 0. The van der Waals surface area contributed by atoms with Crippen molar-refractivity contribution in [1.82, 2.24) is 15.6 Å². The summed E-state index contributed by atoms with van der Waals surface area (Å²) in [6.45, 7) is 5.39. The summed E-state index contributed by atoms with van der Waals surface area (Å²) in [6, 6.07) is 4.00. The largest absolute Gasteiger partial charge is 0.474 e. The lowest BCUT2D eigenvalue weighted by Crippen LogP contribution is -2.45. The number of hydrogen-bond acceptors (Lipinski definition) is 4. The Bertz CT molecular complexity index is 543. The van der Waals surface area contributed by atoms with Crippen LogP contribution in [0.15, 0.2) is 23.3 Å². The van der Waals surface area contributed by atoms with Crippen LogP contribution in [0.5, 0.6) is 5.88 Å². The smallest absolute Gasteiger partial charge is 0.213 e. The van der Waals surface area contributed by atoms with Gasteiger partial charge in [-0.1, -0.05) is 12.5 Å². The topological polar surface area (TPSA) is 67.8 Å². The van der Waals surface area contributed by atoms with Gasteiger partial charge >= 0.3 is 0 Å². The molecular formula is C19H33IN4O2. The highest BCUT2D eigenvalue weighted by Crippen LogP contribution is 2.22. The van der Waals surface area contributed by atoms with E-state index in [1.165, 1.54) is 19.3 Å². The maximum atomic E-state index is 5.96. The van der Waals surface area contributed by atoms with Gasteiger partial charge in [0, 0.05) is 39.5 Å². The standard InChI is InChI=1S/C19H32N4O2.HI/c1-19(2,24-4)14-23-18(20-3)22-13-15-10-11-17(21-12-15)25-16-8-6-5-7-9-16;/h10-12,16H,5-9,13-14H2,1-4H3,(H2,20,22,23);1H. The van der Waals surface area contributed by atoms with Crippen LogP contribution in [-0.4, -0.2) is 43.4 Å². The van der Waals surface area contributed by atoms with Crippen LogP contribution in [0.4, 0.5) is 0 Å². The van der Waals surface area contributed by atoms with Gasteiger partial charge in [0.15, 0.2) is 5.96 Å². The molecule has 0 radical (unpaired) electrons. The third-order valence-electron chi connectivity index (χ3n) is 4.55. The van der Waals surface area contributed by atoms with Gasteiger partial charge in [-0.25, -0.2) is 4.98 Å². The lowest BCUT2D eigenvalue weighted by Gasteiger charge is -2.24. The Hall–Kier alpha value is -1.09. The molecule has 2 rings (SSSR count). The van der Waals surface area contributed by atoms with Crippen molar-refractivity contribution in [1.29, 1.82) is 0 Å². The highest BCUT2D eigenvalue weighted by atomic mass is 127. The van der Waals surface area contributed by atoms with Gasteiger partial charge in [0.05, 0.1) is 5.60 Å². The first kappa shape index (κ1) is 23.0. The van der Waals surface area contributed by atoms with Gasteiger partial charge in [-0.15, -0.1) is 24.0 Å². The van der Waals surface area contributed by atoms with Crippen LogP contribution in [0.3, 0.4) is 0 Å². The maximum absolute atomic E-state index is 5.96. The molecule has 6 nitrogen and oxygen atoms in total. The number of nitrogens with zero attached hydrogens (tertiary/aromatic N) is 2. The molecule has 0 atom stereocenters. The molecule has 1 aliphatic rings. The van der Waals surface area contributed by atoms with Crippen LogP contribution in [0.1, 0.15) is 51.5 Å². The molecular weight excluding hydrogens is 443 g/mol. The van der Waals surface area contributed by atoms with E-state index in [2.05, 4.69) is 20.6 Å². The average molecular weight is 476 g/mol. The fraction of sp³-hybridized carbons (Fsp3) is 0.684. The lowest BCUT2D eigenvalue weighted by atomic mass is 9.98. The maximum Gasteiger partial charge on any atom is 0.213 e. The van der Waals surface area contributed by atoms with Crippen molar-refractivity contribution in [2.75, 3.05) is 20.7 Å². The number of rotatable bonds is 7. The van der Waals surface area contributed by atoms with Crippen molar-refractivity contribution in [2.24, 2.45) is 4.99 Å². The predicted molar refractivity (Wildman–Crippen MR) is 116 cm³/mol. The zero-order valence-electron chi connectivity index (χ0n) is 16.4. The lowest BCUT2D eigenvalue weighted by molar-refractivity contribution is 0.0268. The summed E-state index contributed by atoms with van der Waals surface area (Å²) in [4.78, 5) is 8.66. The second kappa shape index (κ2) is 11.6. The van der Waals surface area contributed by atoms with E-state index in [0.717, 1.165) is 30.2 Å². The van der Waals surface area contributed by atoms with Gasteiger partial charge < -0.3 is 20.1 Å². The summed E-state index contributed by atoms with van der Waals surface area (Å²) in [5.41, 5.74) is 0.849. The van der Waals surface area contributed by atoms with E-state index in [1.807, 2.05) is 32.2 Å². The second-order valence-corrected chi connectivity index (χ2v) is 7.13. The number of guanidine groups is 1. The van der Waals surface area contributed by atoms with E-state index in [1.54, 1.807) is 14.2 Å². The van der Waals surface area contributed by atoms with Gasteiger partial charge in [-0.2, -0.15) is 0 Å². The van der Waals surface area contributed by atoms with Gasteiger partial charge in [-0.05, 0) is 45.1 Å². The minimum Gasteiger partial charge on any atom is -0.474 e. The molecule has 0 aromatic carbocycles. The van der Waals surface area contributed by atoms with Crippen LogP contribution in [-0.2, 0) is 11.3 Å². The molecule has 1 heterocycles. The van der Waals surface area contributed by atoms with Crippen LogP contribution in [0, 0.1) is 0 Å². The van der Waals surface area contributed by atoms with Crippen LogP contribution in [0.25, 0.3) is 0 Å². The molecule has 0 spiro atoms. The van der Waals surface area contributed by atoms with E-state index in [4.69, 9.17) is 9.47 Å². The number of aliphatic imine (C=N–C) groups is 1. The van der Waals surface area contributed by atoms with E-state index >= 15 is 0 Å². The van der Waals surface area contributed by atoms with Crippen molar-refractivity contribution in [2.45, 2.75) is 64.2 Å². The molecule has 1 fully saturated rings. The molecule has 0 unspecified atom stereocenters. The molecule has 148 valence electrons. The summed E-state index contributed by atoms with van der Waals surface area (Å²) < 4.78 is 11.4. The SMILES string of the molecule is CN=C(NCc1ccc(OC2CCCCC2)nc1)NCC(C)(C)OC.I. The highest BCUT2D eigenvalue weighted by Gasteiger charge is 2.17.